The van der Waals surface area contributed by atoms with Crippen molar-refractivity contribution in [1.29, 1.82) is 0 Å². The van der Waals surface area contributed by atoms with Gasteiger partial charge in [0.2, 0.25) is 35.4 Å². The number of nitrogens with two attached hydrogens (primary N) is 1. The fourth-order valence-electron chi connectivity index (χ4n) is 5.37. The highest BCUT2D eigenvalue weighted by atomic mass is 16.5. The van der Waals surface area contributed by atoms with Crippen LogP contribution >= 0.6 is 0 Å². The molecule has 1 aromatic carbocycles. The number of phenolic OH excluding ortho intramolecular Hbond substituents is 1. The molecular weight excluding hydrogens is 750 g/mol. The number of amides is 6. The van der Waals surface area contributed by atoms with Gasteiger partial charge < -0.3 is 83.2 Å². The van der Waals surface area contributed by atoms with E-state index in [9.17, 15) is 74.4 Å². The molecule has 0 saturated carbocycles. The van der Waals surface area contributed by atoms with Gasteiger partial charge in [0.15, 0.2) is 12.3 Å². The number of ether oxygens (including phenoxy) is 1. The van der Waals surface area contributed by atoms with E-state index in [2.05, 4.69) is 31.9 Å². The van der Waals surface area contributed by atoms with E-state index in [1.165, 1.54) is 31.2 Å². The molecule has 13 atom stereocenters. The molecule has 0 aromatic heterocycles. The van der Waals surface area contributed by atoms with Crippen LogP contribution in [0.4, 0.5) is 0 Å². The smallest absolute Gasteiger partial charge is 0.328 e. The summed E-state index contributed by atoms with van der Waals surface area (Å²) in [6.07, 6.45) is -12.7. The number of carbonyl (C=O) groups excluding carboxylic acids is 6. The highest BCUT2D eigenvalue weighted by Gasteiger charge is 2.46. The zero-order valence-corrected chi connectivity index (χ0v) is 30.9. The van der Waals surface area contributed by atoms with E-state index in [0.29, 0.717) is 5.56 Å². The molecule has 0 bridgehead atoms. The number of hydrogen-bond donors (Lipinski definition) is 15. The summed E-state index contributed by atoms with van der Waals surface area (Å²) >= 11 is 0. The number of aliphatic hydroxyl groups excluding tert-OH is 6. The zero-order valence-electron chi connectivity index (χ0n) is 30.9. The van der Waals surface area contributed by atoms with Gasteiger partial charge in [-0.15, -0.1) is 0 Å². The Bertz CT molecular complexity index is 1540. The van der Waals surface area contributed by atoms with Crippen LogP contribution in [0.1, 0.15) is 39.7 Å². The number of rotatable bonds is 19. The van der Waals surface area contributed by atoms with Crippen molar-refractivity contribution in [3.63, 3.8) is 0 Å². The molecule has 0 radical (unpaired) electrons. The lowest BCUT2D eigenvalue weighted by molar-refractivity contribution is -0.203. The Kier molecular flexibility index (Phi) is 18.0. The molecule has 1 aliphatic heterocycles. The topological polar surface area (TPSA) is 389 Å². The van der Waals surface area contributed by atoms with Gasteiger partial charge in [-0.3, -0.25) is 28.8 Å². The number of aromatic hydroxyl groups is 1. The van der Waals surface area contributed by atoms with Gasteiger partial charge in [0, 0.05) is 13.3 Å². The molecule has 23 heteroatoms. The van der Waals surface area contributed by atoms with Crippen LogP contribution in [0, 0.1) is 0 Å². The van der Waals surface area contributed by atoms with E-state index in [1.54, 1.807) is 0 Å². The summed E-state index contributed by atoms with van der Waals surface area (Å²) in [7, 11) is 0. The van der Waals surface area contributed by atoms with Gasteiger partial charge in [0.1, 0.15) is 54.3 Å². The lowest BCUT2D eigenvalue weighted by atomic mass is 9.95. The van der Waals surface area contributed by atoms with Crippen molar-refractivity contribution in [2.75, 3.05) is 6.61 Å². The normalized spacial score (nSPS) is 23.7. The largest absolute Gasteiger partial charge is 0.508 e. The van der Waals surface area contributed by atoms with Crippen molar-refractivity contribution in [2.24, 2.45) is 5.73 Å². The van der Waals surface area contributed by atoms with Gasteiger partial charge >= 0.3 is 5.97 Å². The Labute approximate surface area is 320 Å². The van der Waals surface area contributed by atoms with Gasteiger partial charge in [-0.2, -0.15) is 0 Å². The molecule has 0 spiro atoms. The van der Waals surface area contributed by atoms with Crippen LogP contribution in [0.2, 0.25) is 0 Å². The zero-order chi connectivity index (χ0) is 42.6. The lowest BCUT2D eigenvalue weighted by Crippen LogP contribution is -2.68. The number of aliphatic carboxylic acids is 1. The summed E-state index contributed by atoms with van der Waals surface area (Å²) < 4.78 is 5.48. The molecule has 0 unspecified atom stereocenters. The number of hydrogen-bond acceptors (Lipinski definition) is 16. The molecular formula is C33H51N7O16. The summed E-state index contributed by atoms with van der Waals surface area (Å²) in [5, 5.41) is 93.1. The number of carboxylic acid groups (broad SMARTS) is 1. The number of aliphatic hydroxyl groups is 6. The van der Waals surface area contributed by atoms with Gasteiger partial charge in [-0.05, 0) is 38.5 Å². The third-order valence-electron chi connectivity index (χ3n) is 8.56. The summed E-state index contributed by atoms with van der Waals surface area (Å²) in [5.41, 5.74) is 5.95. The minimum absolute atomic E-state index is 0.156. The number of phenols is 1. The summed E-state index contributed by atoms with van der Waals surface area (Å²) in [6, 6.07) is -5.21. The van der Waals surface area contributed by atoms with Gasteiger partial charge in [-0.1, -0.05) is 12.1 Å². The Balaban J connectivity index is 2.53. The number of nitrogens with one attached hydrogen (secondary N) is 6. The molecule has 2 rings (SSSR count). The average molecular weight is 802 g/mol. The first-order valence-electron chi connectivity index (χ1n) is 17.3. The fourth-order valence-corrected chi connectivity index (χ4v) is 5.37. The number of carboxylic acids is 1. The minimum Gasteiger partial charge on any atom is -0.508 e. The van der Waals surface area contributed by atoms with E-state index < -0.39 is 134 Å². The minimum atomic E-state index is -2.00. The summed E-state index contributed by atoms with van der Waals surface area (Å²) in [4.78, 5) is 90.6. The van der Waals surface area contributed by atoms with Gasteiger partial charge in [0.25, 0.3) is 0 Å². The van der Waals surface area contributed by atoms with Crippen LogP contribution in [0.5, 0.6) is 5.75 Å². The Hall–Kier alpha value is -5.01. The maximum absolute atomic E-state index is 13.9. The van der Waals surface area contributed by atoms with Crippen LogP contribution in [-0.4, -0.2) is 168 Å². The fraction of sp³-hybridized carbons (Fsp3) is 0.606. The van der Waals surface area contributed by atoms with E-state index in [1.807, 2.05) is 0 Å². The third kappa shape index (κ3) is 13.6. The molecule has 0 aliphatic carbocycles. The standard InChI is InChI=1S/C33H51N7O16/c1-12(42)22(34)30(52)39-23(13(2)43)31(53)37-19(10-21(47)38-32-25(35-15(4)45)27(49)26(48)20(11-41)56-32)28(50)36-18(9-16-5-7-17(46)8-6-16)29(51)40-24(14(3)44)33(54)55/h5-8,12-14,18-20,22-27,32,41-44,46,48-49H,9-11,34H2,1-4H3,(H,35,45)(H,36,50)(H,37,53)(H,38,47)(H,39,52)(H,40,51)(H,54,55)/t12-,13-,14-,18+,19+,20-,22+,23+,24+,25-,26-,27-,32-/m1/s1. The monoisotopic (exact) mass is 801 g/mol. The van der Waals surface area contributed by atoms with Crippen molar-refractivity contribution in [3.8, 4) is 5.75 Å². The van der Waals surface area contributed by atoms with Crippen molar-refractivity contribution in [1.82, 2.24) is 31.9 Å². The van der Waals surface area contributed by atoms with Crippen molar-refractivity contribution in [2.45, 2.75) is 120 Å². The molecule has 1 saturated heterocycles. The highest BCUT2D eigenvalue weighted by molar-refractivity contribution is 5.97. The predicted molar refractivity (Wildman–Crippen MR) is 188 cm³/mol. The average Bonchev–Trinajstić information content (AvgIpc) is 3.11. The van der Waals surface area contributed by atoms with E-state index in [0.717, 1.165) is 20.8 Å². The molecule has 1 heterocycles. The lowest BCUT2D eigenvalue weighted by Gasteiger charge is -2.42. The van der Waals surface area contributed by atoms with Gasteiger partial charge in [-0.25, -0.2) is 4.79 Å². The Morgan fingerprint density at radius 1 is 0.750 bits per heavy atom. The second-order valence-corrected chi connectivity index (χ2v) is 13.3. The highest BCUT2D eigenvalue weighted by Crippen LogP contribution is 2.20. The van der Waals surface area contributed by atoms with Crippen LogP contribution in [0.25, 0.3) is 0 Å². The van der Waals surface area contributed by atoms with Crippen LogP contribution < -0.4 is 37.6 Å². The first kappa shape index (κ1) is 47.1. The van der Waals surface area contributed by atoms with Crippen molar-refractivity contribution < 1.29 is 79.2 Å². The molecule has 16 N–H and O–H groups in total. The van der Waals surface area contributed by atoms with Gasteiger partial charge in [0.05, 0.1) is 31.3 Å². The quantitative estimate of drug-likeness (QED) is 0.0618. The van der Waals surface area contributed by atoms with Crippen LogP contribution in [-0.2, 0) is 44.7 Å². The Morgan fingerprint density at radius 3 is 1.79 bits per heavy atom. The van der Waals surface area contributed by atoms with E-state index >= 15 is 0 Å². The SMILES string of the molecule is CC(=O)N[C@@H]1[C@@H](O)[C@H](O)[C@@H](CO)O[C@H]1NC(=O)C[C@H](NC(=O)[C@@H](NC(=O)[C@@H](N)[C@@H](C)O)[C@@H](C)O)C(=O)N[C@@H](Cc1ccc(O)cc1)C(=O)N[C@H](C(=O)O)[C@@H](C)O. The van der Waals surface area contributed by atoms with Crippen LogP contribution in [0.3, 0.4) is 0 Å². The first-order valence-corrected chi connectivity index (χ1v) is 17.3. The molecule has 1 aliphatic rings. The molecule has 6 amide bonds. The number of carbonyl (C=O) groups is 7. The maximum Gasteiger partial charge on any atom is 0.328 e. The first-order chi connectivity index (χ1) is 26.1. The maximum atomic E-state index is 13.9. The third-order valence-corrected chi connectivity index (χ3v) is 8.56. The van der Waals surface area contributed by atoms with Crippen LogP contribution in [0.15, 0.2) is 24.3 Å². The number of benzene rings is 1. The van der Waals surface area contributed by atoms with E-state index in [4.69, 9.17) is 10.5 Å². The second-order valence-electron chi connectivity index (χ2n) is 13.3. The molecule has 1 fully saturated rings. The Morgan fingerprint density at radius 2 is 1.29 bits per heavy atom. The van der Waals surface area contributed by atoms with E-state index in [-0.39, 0.29) is 12.2 Å². The van der Waals surface area contributed by atoms with Crippen molar-refractivity contribution in [3.05, 3.63) is 29.8 Å². The molecule has 314 valence electrons. The van der Waals surface area contributed by atoms with Crippen molar-refractivity contribution >= 4 is 41.4 Å². The summed E-state index contributed by atoms with van der Waals surface area (Å²) in [5.74, 6) is -8.44. The molecule has 56 heavy (non-hydrogen) atoms. The summed E-state index contributed by atoms with van der Waals surface area (Å²) in [6.45, 7) is 3.56. The predicted octanol–water partition coefficient (Wildman–Crippen LogP) is -7.12. The molecule has 1 aromatic rings. The molecule has 23 nitrogen and oxygen atoms in total. The second kappa shape index (κ2) is 21.3.